The number of nitro groups is 1. The third-order valence-corrected chi connectivity index (χ3v) is 5.68. The summed E-state index contributed by atoms with van der Waals surface area (Å²) in [6.07, 6.45) is 0.0572. The van der Waals surface area contributed by atoms with Crippen LogP contribution in [-0.4, -0.2) is 52.2 Å². The van der Waals surface area contributed by atoms with E-state index < -0.39 is 28.0 Å². The molecule has 0 radical (unpaired) electrons. The van der Waals surface area contributed by atoms with Crippen LogP contribution in [0.4, 0.5) is 10.1 Å². The smallest absolute Gasteiger partial charge is 0.275 e. The molecular weight excluding hydrogens is 377 g/mol. The third-order valence-electron chi connectivity index (χ3n) is 5.68. The normalized spacial score (nSPS) is 22.1. The monoisotopic (exact) mass is 399 g/mol. The van der Waals surface area contributed by atoms with Crippen molar-refractivity contribution in [2.45, 2.75) is 31.3 Å². The maximum Gasteiger partial charge on any atom is 0.275 e. The molecule has 1 heterocycles. The standard InChI is InChI=1S/C21H22FN3O4/c1-21(13-14-8-5-4-6-9-14)20(27)23(2)18(19(26)24(21)3)12-15-16(22)10-7-11-17(15)25(28)29/h4-11,18H,12-13H2,1-3H3. The Morgan fingerprint density at radius 1 is 1.10 bits per heavy atom. The van der Waals surface area contributed by atoms with Gasteiger partial charge >= 0.3 is 0 Å². The number of benzene rings is 2. The van der Waals surface area contributed by atoms with Crippen LogP contribution in [0.1, 0.15) is 18.1 Å². The second-order valence-electron chi connectivity index (χ2n) is 7.46. The van der Waals surface area contributed by atoms with E-state index in [9.17, 15) is 24.1 Å². The molecule has 0 aromatic heterocycles. The molecule has 3 rings (SSSR count). The Morgan fingerprint density at radius 2 is 1.76 bits per heavy atom. The van der Waals surface area contributed by atoms with Crippen molar-refractivity contribution in [3.8, 4) is 0 Å². The van der Waals surface area contributed by atoms with Crippen molar-refractivity contribution in [1.82, 2.24) is 9.80 Å². The van der Waals surface area contributed by atoms with Crippen molar-refractivity contribution in [3.05, 3.63) is 75.6 Å². The molecule has 0 saturated carbocycles. The molecule has 1 saturated heterocycles. The van der Waals surface area contributed by atoms with Crippen LogP contribution < -0.4 is 0 Å². The fourth-order valence-corrected chi connectivity index (χ4v) is 3.82. The van der Waals surface area contributed by atoms with Gasteiger partial charge in [0.15, 0.2) is 0 Å². The molecule has 2 aromatic rings. The summed E-state index contributed by atoms with van der Waals surface area (Å²) in [5, 5.41) is 11.3. The quantitative estimate of drug-likeness (QED) is 0.571. The Labute approximate surface area is 167 Å². The first-order valence-electron chi connectivity index (χ1n) is 9.17. The minimum absolute atomic E-state index is 0.185. The number of hydrogen-bond acceptors (Lipinski definition) is 4. The van der Waals surface area contributed by atoms with Gasteiger partial charge in [-0.05, 0) is 18.6 Å². The van der Waals surface area contributed by atoms with Crippen LogP contribution in [0.3, 0.4) is 0 Å². The Morgan fingerprint density at radius 3 is 2.38 bits per heavy atom. The zero-order chi connectivity index (χ0) is 21.3. The lowest BCUT2D eigenvalue weighted by Gasteiger charge is -2.48. The predicted molar refractivity (Wildman–Crippen MR) is 105 cm³/mol. The van der Waals surface area contributed by atoms with Crippen molar-refractivity contribution in [2.24, 2.45) is 0 Å². The molecule has 2 unspecified atom stereocenters. The van der Waals surface area contributed by atoms with E-state index in [-0.39, 0.29) is 23.8 Å². The van der Waals surface area contributed by atoms with Crippen LogP contribution >= 0.6 is 0 Å². The Bertz CT molecular complexity index is 966. The van der Waals surface area contributed by atoms with Crippen molar-refractivity contribution in [3.63, 3.8) is 0 Å². The Kier molecular flexibility index (Phi) is 5.37. The number of piperazine rings is 1. The van der Waals surface area contributed by atoms with E-state index in [0.717, 1.165) is 11.6 Å². The summed E-state index contributed by atoms with van der Waals surface area (Å²) in [6.45, 7) is 1.69. The van der Waals surface area contributed by atoms with Gasteiger partial charge in [0.05, 0.1) is 10.5 Å². The highest BCUT2D eigenvalue weighted by Gasteiger charge is 2.51. The summed E-state index contributed by atoms with van der Waals surface area (Å²) in [6, 6.07) is 11.9. The van der Waals surface area contributed by atoms with Crippen molar-refractivity contribution in [1.29, 1.82) is 0 Å². The van der Waals surface area contributed by atoms with Gasteiger partial charge in [0, 0.05) is 33.0 Å². The average molecular weight is 399 g/mol. The van der Waals surface area contributed by atoms with Crippen molar-refractivity contribution >= 4 is 17.5 Å². The average Bonchev–Trinajstić information content (AvgIpc) is 2.70. The molecule has 1 aliphatic heterocycles. The lowest BCUT2D eigenvalue weighted by molar-refractivity contribution is -0.385. The van der Waals surface area contributed by atoms with Crippen LogP contribution in [0.2, 0.25) is 0 Å². The fraction of sp³-hybridized carbons (Fsp3) is 0.333. The Balaban J connectivity index is 1.93. The number of amides is 2. The first-order chi connectivity index (χ1) is 13.7. The summed E-state index contributed by atoms with van der Waals surface area (Å²) >= 11 is 0. The fourth-order valence-electron chi connectivity index (χ4n) is 3.82. The van der Waals surface area contributed by atoms with Crippen LogP contribution in [0.15, 0.2) is 48.5 Å². The molecule has 0 bridgehead atoms. The maximum absolute atomic E-state index is 14.3. The van der Waals surface area contributed by atoms with Gasteiger partial charge in [0.1, 0.15) is 17.4 Å². The highest BCUT2D eigenvalue weighted by atomic mass is 19.1. The lowest BCUT2D eigenvalue weighted by atomic mass is 9.85. The summed E-state index contributed by atoms with van der Waals surface area (Å²) in [5.41, 5.74) is -0.792. The maximum atomic E-state index is 14.3. The molecule has 0 aliphatic carbocycles. The molecule has 0 spiro atoms. The van der Waals surface area contributed by atoms with Gasteiger partial charge < -0.3 is 9.80 Å². The largest absolute Gasteiger partial charge is 0.331 e. The zero-order valence-electron chi connectivity index (χ0n) is 16.5. The van der Waals surface area contributed by atoms with E-state index >= 15 is 0 Å². The third kappa shape index (κ3) is 3.57. The predicted octanol–water partition coefficient (Wildman–Crippen LogP) is 2.58. The molecule has 0 N–H and O–H groups in total. The summed E-state index contributed by atoms with van der Waals surface area (Å²) in [7, 11) is 3.02. The van der Waals surface area contributed by atoms with E-state index in [4.69, 9.17) is 0 Å². The van der Waals surface area contributed by atoms with Gasteiger partial charge in [-0.15, -0.1) is 0 Å². The molecular formula is C21H22FN3O4. The number of rotatable bonds is 5. The topological polar surface area (TPSA) is 83.8 Å². The molecule has 29 heavy (non-hydrogen) atoms. The van der Waals surface area contributed by atoms with E-state index in [1.807, 2.05) is 30.3 Å². The van der Waals surface area contributed by atoms with Gasteiger partial charge in [-0.3, -0.25) is 19.7 Å². The zero-order valence-corrected chi connectivity index (χ0v) is 16.5. The van der Waals surface area contributed by atoms with Gasteiger partial charge in [0.25, 0.3) is 5.69 Å². The van der Waals surface area contributed by atoms with Gasteiger partial charge in [-0.1, -0.05) is 36.4 Å². The van der Waals surface area contributed by atoms with Crippen molar-refractivity contribution < 1.29 is 18.9 Å². The number of carbonyl (C=O) groups excluding carboxylic acids is 2. The molecule has 1 fully saturated rings. The number of halogens is 1. The molecule has 1 aliphatic rings. The second-order valence-corrected chi connectivity index (χ2v) is 7.46. The van der Waals surface area contributed by atoms with Crippen LogP contribution in [-0.2, 0) is 22.4 Å². The molecule has 152 valence electrons. The van der Waals surface area contributed by atoms with E-state index in [2.05, 4.69) is 0 Å². The van der Waals surface area contributed by atoms with E-state index in [1.54, 1.807) is 14.0 Å². The number of likely N-dealkylation sites (N-methyl/N-ethyl adjacent to an activating group) is 2. The van der Waals surface area contributed by atoms with Crippen LogP contribution in [0, 0.1) is 15.9 Å². The summed E-state index contributed by atoms with van der Waals surface area (Å²) < 4.78 is 14.3. The minimum Gasteiger partial charge on any atom is -0.331 e. The van der Waals surface area contributed by atoms with Crippen LogP contribution in [0.25, 0.3) is 0 Å². The van der Waals surface area contributed by atoms with Gasteiger partial charge in [0.2, 0.25) is 11.8 Å². The molecule has 8 heteroatoms. The molecule has 2 aromatic carbocycles. The van der Waals surface area contributed by atoms with Crippen LogP contribution in [0.5, 0.6) is 0 Å². The minimum atomic E-state index is -1.11. The molecule has 7 nitrogen and oxygen atoms in total. The number of nitrogens with zero attached hydrogens (tertiary/aromatic N) is 3. The highest BCUT2D eigenvalue weighted by molar-refractivity contribution is 5.99. The summed E-state index contributed by atoms with van der Waals surface area (Å²) in [5.74, 6) is -1.45. The molecule has 2 atom stereocenters. The SMILES string of the molecule is CN1C(=O)C(C)(Cc2ccccc2)N(C)C(=O)C1Cc1c(F)cccc1[N+](=O)[O-]. The van der Waals surface area contributed by atoms with Crippen molar-refractivity contribution in [2.75, 3.05) is 14.1 Å². The second kappa shape index (κ2) is 7.62. The van der Waals surface area contributed by atoms with Gasteiger partial charge in [-0.2, -0.15) is 0 Å². The lowest BCUT2D eigenvalue weighted by Crippen LogP contribution is -2.69. The number of nitro benzene ring substituents is 1. The summed E-state index contributed by atoms with van der Waals surface area (Å²) in [4.78, 5) is 39.6. The Hall–Kier alpha value is -3.29. The number of hydrogen-bond donors (Lipinski definition) is 0. The first-order valence-corrected chi connectivity index (χ1v) is 9.17. The number of carbonyl (C=O) groups is 2. The highest BCUT2D eigenvalue weighted by Crippen LogP contribution is 2.32. The van der Waals surface area contributed by atoms with Gasteiger partial charge in [-0.25, -0.2) is 4.39 Å². The molecule has 2 amide bonds. The first kappa shape index (κ1) is 20.4. The van der Waals surface area contributed by atoms with E-state index in [0.29, 0.717) is 6.42 Å². The van der Waals surface area contributed by atoms with E-state index in [1.165, 1.54) is 29.0 Å².